The van der Waals surface area contributed by atoms with Crippen LogP contribution in [0.3, 0.4) is 0 Å². The van der Waals surface area contributed by atoms with Crippen molar-refractivity contribution in [3.05, 3.63) is 12.3 Å². The van der Waals surface area contributed by atoms with Crippen LogP contribution in [-0.2, 0) is 0 Å². The zero-order chi connectivity index (χ0) is 10.5. The number of nitrogens with zero attached hydrogens (tertiary/aromatic N) is 2. The van der Waals surface area contributed by atoms with Gasteiger partial charge in [0.15, 0.2) is 0 Å². The van der Waals surface area contributed by atoms with E-state index in [1.165, 1.54) is 0 Å². The van der Waals surface area contributed by atoms with Gasteiger partial charge in [-0.15, -0.1) is 0 Å². The van der Waals surface area contributed by atoms with E-state index in [1.54, 1.807) is 0 Å². The summed E-state index contributed by atoms with van der Waals surface area (Å²) in [5.74, 6) is 1.51. The molecule has 2 aliphatic rings. The first-order valence-corrected chi connectivity index (χ1v) is 5.29. The van der Waals surface area contributed by atoms with E-state index in [0.29, 0.717) is 17.9 Å². The number of rotatable bonds is 2. The summed E-state index contributed by atoms with van der Waals surface area (Å²) in [5.41, 5.74) is 1.58. The first-order valence-electron chi connectivity index (χ1n) is 5.29. The molecule has 1 heterocycles. The second-order valence-corrected chi connectivity index (χ2v) is 5.27. The number of nitriles is 1. The van der Waals surface area contributed by atoms with Crippen molar-refractivity contribution < 1.29 is 0 Å². The molecule has 2 fully saturated rings. The lowest BCUT2D eigenvalue weighted by molar-refractivity contribution is 0.232. The van der Waals surface area contributed by atoms with E-state index in [1.807, 2.05) is 6.92 Å². The van der Waals surface area contributed by atoms with Crippen LogP contribution in [0.4, 0.5) is 0 Å². The zero-order valence-corrected chi connectivity index (χ0v) is 9.25. The van der Waals surface area contributed by atoms with Gasteiger partial charge in [-0.3, -0.25) is 0 Å². The lowest BCUT2D eigenvalue weighted by Crippen LogP contribution is -2.34. The molecule has 3 atom stereocenters. The monoisotopic (exact) mass is 190 g/mol. The van der Waals surface area contributed by atoms with Gasteiger partial charge in [0, 0.05) is 18.3 Å². The number of hydrogen-bond donors (Lipinski definition) is 0. The first kappa shape index (κ1) is 9.58. The van der Waals surface area contributed by atoms with E-state index in [0.717, 1.165) is 24.1 Å². The molecule has 0 radical (unpaired) electrons. The van der Waals surface area contributed by atoms with Crippen LogP contribution in [0.15, 0.2) is 12.3 Å². The molecule has 2 heteroatoms. The third-order valence-corrected chi connectivity index (χ3v) is 4.14. The highest BCUT2D eigenvalue weighted by atomic mass is 15.2. The fraction of sp³-hybridized carbons (Fsp3) is 0.750. The van der Waals surface area contributed by atoms with E-state index in [-0.39, 0.29) is 0 Å². The Morgan fingerprint density at radius 1 is 1.64 bits per heavy atom. The van der Waals surface area contributed by atoms with E-state index in [2.05, 4.69) is 31.4 Å². The third-order valence-electron chi connectivity index (χ3n) is 4.14. The van der Waals surface area contributed by atoms with Crippen LogP contribution in [0, 0.1) is 28.6 Å². The van der Waals surface area contributed by atoms with E-state index in [4.69, 9.17) is 5.26 Å². The minimum Gasteiger partial charge on any atom is -0.371 e. The van der Waals surface area contributed by atoms with Crippen LogP contribution in [-0.4, -0.2) is 17.5 Å². The van der Waals surface area contributed by atoms with Gasteiger partial charge < -0.3 is 4.90 Å². The van der Waals surface area contributed by atoms with Gasteiger partial charge in [-0.05, 0) is 24.2 Å². The van der Waals surface area contributed by atoms with Crippen LogP contribution in [0.2, 0.25) is 0 Å². The minimum absolute atomic E-state index is 0.428. The molecule has 1 saturated heterocycles. The largest absolute Gasteiger partial charge is 0.371 e. The van der Waals surface area contributed by atoms with Gasteiger partial charge in [0.1, 0.15) is 0 Å². The van der Waals surface area contributed by atoms with Gasteiger partial charge >= 0.3 is 0 Å². The van der Waals surface area contributed by atoms with Gasteiger partial charge in [0.2, 0.25) is 0 Å². The zero-order valence-electron chi connectivity index (χ0n) is 9.25. The molecule has 1 aliphatic heterocycles. The maximum absolute atomic E-state index is 8.83. The van der Waals surface area contributed by atoms with Gasteiger partial charge in [0.25, 0.3) is 0 Å². The molecule has 0 spiro atoms. The topological polar surface area (TPSA) is 27.0 Å². The summed E-state index contributed by atoms with van der Waals surface area (Å²) in [6.07, 6.45) is 0.650. The average molecular weight is 190 g/mol. The van der Waals surface area contributed by atoms with Crippen molar-refractivity contribution >= 4 is 0 Å². The molecule has 76 valence electrons. The summed E-state index contributed by atoms with van der Waals surface area (Å²) < 4.78 is 0. The highest BCUT2D eigenvalue weighted by Crippen LogP contribution is 2.65. The number of allylic oxidation sites excluding steroid dienone is 1. The van der Waals surface area contributed by atoms with Crippen LogP contribution >= 0.6 is 0 Å². The number of fused-ring (bicyclic) bond motifs is 1. The van der Waals surface area contributed by atoms with Crippen molar-refractivity contribution in [3.63, 3.8) is 0 Å². The Morgan fingerprint density at radius 3 is 2.79 bits per heavy atom. The summed E-state index contributed by atoms with van der Waals surface area (Å²) >= 11 is 0. The molecule has 2 nitrogen and oxygen atoms in total. The molecule has 14 heavy (non-hydrogen) atoms. The molecule has 0 aromatic rings. The molecule has 0 aromatic heterocycles. The maximum atomic E-state index is 8.83. The molecule has 0 amide bonds. The van der Waals surface area contributed by atoms with Crippen molar-refractivity contribution in [3.8, 4) is 6.07 Å². The molecule has 1 saturated carbocycles. The molecular weight excluding hydrogens is 172 g/mol. The Balaban J connectivity index is 2.15. The smallest absolute Gasteiger partial charge is 0.0643 e. The average Bonchev–Trinajstić information content (AvgIpc) is 2.47. The van der Waals surface area contributed by atoms with Gasteiger partial charge in [-0.25, -0.2) is 0 Å². The number of piperidine rings is 1. The summed E-state index contributed by atoms with van der Waals surface area (Å²) in [5, 5.41) is 8.83. The Labute approximate surface area is 86.2 Å². The fourth-order valence-electron chi connectivity index (χ4n) is 3.21. The Morgan fingerprint density at radius 2 is 2.29 bits per heavy atom. The SMILES string of the molecule is C=C(C)N1CC2C(C1CC#N)C2(C)C. The molecule has 0 N–H and O–H groups in total. The summed E-state index contributed by atoms with van der Waals surface area (Å²) in [6.45, 7) is 11.8. The van der Waals surface area contributed by atoms with E-state index >= 15 is 0 Å². The molecule has 2 rings (SSSR count). The standard InChI is InChI=1S/C12H18N2/c1-8(2)14-7-9-11(12(9,3)4)10(14)5-6-13/h9-11H,1,5,7H2,2-4H3. The van der Waals surface area contributed by atoms with Crippen molar-refractivity contribution in [1.82, 2.24) is 4.90 Å². The van der Waals surface area contributed by atoms with Crippen molar-refractivity contribution in [2.24, 2.45) is 17.3 Å². The van der Waals surface area contributed by atoms with Crippen LogP contribution in [0.1, 0.15) is 27.2 Å². The van der Waals surface area contributed by atoms with E-state index < -0.39 is 0 Å². The van der Waals surface area contributed by atoms with Crippen LogP contribution in [0.25, 0.3) is 0 Å². The van der Waals surface area contributed by atoms with E-state index in [9.17, 15) is 0 Å². The normalized spacial score (nSPS) is 37.6. The quantitative estimate of drug-likeness (QED) is 0.668. The van der Waals surface area contributed by atoms with Crippen LogP contribution in [0.5, 0.6) is 0 Å². The summed E-state index contributed by atoms with van der Waals surface area (Å²) in [4.78, 5) is 2.32. The van der Waals surface area contributed by atoms with Gasteiger partial charge in [-0.1, -0.05) is 20.4 Å². The lowest BCUT2D eigenvalue weighted by atomic mass is 9.99. The third kappa shape index (κ3) is 1.08. The van der Waals surface area contributed by atoms with Crippen molar-refractivity contribution in [1.29, 1.82) is 5.26 Å². The fourth-order valence-corrected chi connectivity index (χ4v) is 3.21. The van der Waals surface area contributed by atoms with Crippen molar-refractivity contribution in [2.45, 2.75) is 33.2 Å². The lowest BCUT2D eigenvalue weighted by Gasteiger charge is -2.31. The molecule has 3 unspecified atom stereocenters. The summed E-state index contributed by atoms with van der Waals surface area (Å²) in [6, 6.07) is 2.73. The molecular formula is C12H18N2. The van der Waals surface area contributed by atoms with Gasteiger partial charge in [0.05, 0.1) is 12.5 Å². The summed E-state index contributed by atoms with van der Waals surface area (Å²) in [7, 11) is 0. The molecule has 1 aliphatic carbocycles. The highest BCUT2D eigenvalue weighted by molar-refractivity contribution is 5.20. The number of hydrogen-bond acceptors (Lipinski definition) is 2. The highest BCUT2D eigenvalue weighted by Gasteiger charge is 2.66. The Kier molecular flexibility index (Phi) is 1.89. The predicted molar refractivity (Wildman–Crippen MR) is 56.3 cm³/mol. The Bertz CT molecular complexity index is 311. The molecule has 0 aromatic carbocycles. The van der Waals surface area contributed by atoms with Crippen molar-refractivity contribution in [2.75, 3.05) is 6.54 Å². The Hall–Kier alpha value is -0.970. The second kappa shape index (κ2) is 2.76. The van der Waals surface area contributed by atoms with Crippen LogP contribution < -0.4 is 0 Å². The predicted octanol–water partition coefficient (Wildman–Crippen LogP) is 2.39. The molecule has 0 bridgehead atoms. The van der Waals surface area contributed by atoms with Gasteiger partial charge in [-0.2, -0.15) is 5.26 Å². The minimum atomic E-state index is 0.428. The first-order chi connectivity index (χ1) is 6.50. The number of likely N-dealkylation sites (tertiary alicyclic amines) is 1. The second-order valence-electron chi connectivity index (χ2n) is 5.27. The maximum Gasteiger partial charge on any atom is 0.0643 e.